The summed E-state index contributed by atoms with van der Waals surface area (Å²) in [5.74, 6) is 0.167. The van der Waals surface area contributed by atoms with Crippen LogP contribution in [-0.2, 0) is 4.79 Å². The van der Waals surface area contributed by atoms with Crippen molar-refractivity contribution in [1.29, 1.82) is 0 Å². The Morgan fingerprint density at radius 2 is 1.71 bits per heavy atom. The van der Waals surface area contributed by atoms with E-state index in [1.165, 1.54) is 6.42 Å². The average molecular weight is 198 g/mol. The van der Waals surface area contributed by atoms with Crippen LogP contribution in [-0.4, -0.2) is 16.5 Å². The van der Waals surface area contributed by atoms with Crippen molar-refractivity contribution in [2.75, 3.05) is 0 Å². The van der Waals surface area contributed by atoms with Gasteiger partial charge in [0.25, 0.3) is 0 Å². The Morgan fingerprint density at radius 1 is 1.21 bits per heavy atom. The molecule has 0 aromatic carbocycles. The van der Waals surface area contributed by atoms with Gasteiger partial charge in [0.05, 0.1) is 0 Å². The van der Waals surface area contributed by atoms with E-state index in [-0.39, 0.29) is 11.7 Å². The Hall–Kier alpha value is -0.370. The summed E-state index contributed by atoms with van der Waals surface area (Å²) in [7, 11) is 0. The highest BCUT2D eigenvalue weighted by molar-refractivity contribution is 5.89. The van der Waals surface area contributed by atoms with E-state index >= 15 is 0 Å². The van der Waals surface area contributed by atoms with Gasteiger partial charge in [-0.2, -0.15) is 0 Å². The van der Waals surface area contributed by atoms with Crippen LogP contribution in [0.2, 0.25) is 0 Å². The lowest BCUT2D eigenvalue weighted by Crippen LogP contribution is -2.44. The van der Waals surface area contributed by atoms with Crippen molar-refractivity contribution in [2.45, 2.75) is 64.4 Å². The summed E-state index contributed by atoms with van der Waals surface area (Å²) < 4.78 is 0. The van der Waals surface area contributed by atoms with Crippen molar-refractivity contribution >= 4 is 5.78 Å². The van der Waals surface area contributed by atoms with Crippen LogP contribution in [0.3, 0.4) is 0 Å². The standard InChI is InChI=1S/C12H22O2/c1-3-10(4-2)11(13)12(14)8-6-5-7-9-12/h10,14H,3-9H2,1-2H3. The van der Waals surface area contributed by atoms with Crippen molar-refractivity contribution in [1.82, 2.24) is 0 Å². The molecule has 0 heterocycles. The molecule has 0 unspecified atom stereocenters. The molecule has 1 aliphatic rings. The Bertz CT molecular complexity index is 188. The molecule has 1 saturated carbocycles. The molecular formula is C12H22O2. The fourth-order valence-corrected chi connectivity index (χ4v) is 2.42. The first kappa shape index (κ1) is 11.7. The summed E-state index contributed by atoms with van der Waals surface area (Å²) in [6, 6.07) is 0. The van der Waals surface area contributed by atoms with E-state index in [9.17, 15) is 9.90 Å². The minimum Gasteiger partial charge on any atom is -0.382 e. The Morgan fingerprint density at radius 3 is 2.14 bits per heavy atom. The number of carbonyl (C=O) groups is 1. The van der Waals surface area contributed by atoms with Gasteiger partial charge in [-0.1, -0.05) is 33.1 Å². The third-order valence-corrected chi connectivity index (χ3v) is 3.50. The maximum absolute atomic E-state index is 12.0. The first-order chi connectivity index (χ1) is 6.64. The van der Waals surface area contributed by atoms with Gasteiger partial charge < -0.3 is 5.11 Å². The summed E-state index contributed by atoms with van der Waals surface area (Å²) in [5, 5.41) is 10.2. The van der Waals surface area contributed by atoms with E-state index in [1.807, 2.05) is 13.8 Å². The molecule has 0 aromatic rings. The number of ketones is 1. The minimum absolute atomic E-state index is 0.0677. The van der Waals surface area contributed by atoms with Gasteiger partial charge in [-0.25, -0.2) is 0 Å². The molecule has 14 heavy (non-hydrogen) atoms. The highest BCUT2D eigenvalue weighted by atomic mass is 16.3. The molecule has 0 aliphatic heterocycles. The van der Waals surface area contributed by atoms with E-state index in [1.54, 1.807) is 0 Å². The third kappa shape index (κ3) is 2.35. The molecule has 0 amide bonds. The molecule has 82 valence electrons. The highest BCUT2D eigenvalue weighted by Gasteiger charge is 2.39. The fourth-order valence-electron chi connectivity index (χ4n) is 2.42. The second-order valence-corrected chi connectivity index (χ2v) is 4.47. The summed E-state index contributed by atoms with van der Waals surface area (Å²) in [6.07, 6.45) is 6.25. The summed E-state index contributed by atoms with van der Waals surface area (Å²) >= 11 is 0. The van der Waals surface area contributed by atoms with Crippen molar-refractivity contribution in [3.63, 3.8) is 0 Å². The Labute approximate surface area is 86.7 Å². The molecule has 2 nitrogen and oxygen atoms in total. The van der Waals surface area contributed by atoms with Crippen molar-refractivity contribution in [2.24, 2.45) is 5.92 Å². The molecule has 0 radical (unpaired) electrons. The topological polar surface area (TPSA) is 37.3 Å². The predicted octanol–water partition coefficient (Wildman–Crippen LogP) is 2.69. The van der Waals surface area contributed by atoms with Gasteiger partial charge in [0.15, 0.2) is 5.78 Å². The minimum atomic E-state index is -0.977. The second kappa shape index (κ2) is 4.92. The Kier molecular flexibility index (Phi) is 4.11. The van der Waals surface area contributed by atoms with Crippen LogP contribution in [0.25, 0.3) is 0 Å². The lowest BCUT2D eigenvalue weighted by molar-refractivity contribution is -0.145. The summed E-state index contributed by atoms with van der Waals surface area (Å²) in [4.78, 5) is 12.0. The van der Waals surface area contributed by atoms with Gasteiger partial charge in [-0.15, -0.1) is 0 Å². The summed E-state index contributed by atoms with van der Waals surface area (Å²) in [6.45, 7) is 4.05. The SMILES string of the molecule is CCC(CC)C(=O)C1(O)CCCCC1. The van der Waals surface area contributed by atoms with Crippen LogP contribution in [0, 0.1) is 5.92 Å². The smallest absolute Gasteiger partial charge is 0.167 e. The maximum atomic E-state index is 12.0. The molecule has 1 rings (SSSR count). The lowest BCUT2D eigenvalue weighted by Gasteiger charge is -2.33. The quantitative estimate of drug-likeness (QED) is 0.754. The predicted molar refractivity (Wildman–Crippen MR) is 57.1 cm³/mol. The molecule has 0 spiro atoms. The van der Waals surface area contributed by atoms with Crippen LogP contribution in [0.15, 0.2) is 0 Å². The van der Waals surface area contributed by atoms with Crippen molar-refractivity contribution in [3.8, 4) is 0 Å². The van der Waals surface area contributed by atoms with Crippen LogP contribution < -0.4 is 0 Å². The number of hydrogen-bond donors (Lipinski definition) is 1. The van der Waals surface area contributed by atoms with Gasteiger partial charge in [-0.3, -0.25) is 4.79 Å². The lowest BCUT2D eigenvalue weighted by atomic mass is 9.76. The van der Waals surface area contributed by atoms with Crippen LogP contribution in [0.1, 0.15) is 58.8 Å². The maximum Gasteiger partial charge on any atom is 0.167 e. The molecule has 1 N–H and O–H groups in total. The highest BCUT2D eigenvalue weighted by Crippen LogP contribution is 2.32. The van der Waals surface area contributed by atoms with Crippen molar-refractivity contribution < 1.29 is 9.90 Å². The fraction of sp³-hybridized carbons (Fsp3) is 0.917. The third-order valence-electron chi connectivity index (χ3n) is 3.50. The zero-order chi connectivity index (χ0) is 10.6. The molecule has 0 bridgehead atoms. The average Bonchev–Trinajstić information content (AvgIpc) is 2.20. The van der Waals surface area contributed by atoms with Gasteiger partial charge >= 0.3 is 0 Å². The molecule has 1 fully saturated rings. The molecule has 1 aliphatic carbocycles. The molecular weight excluding hydrogens is 176 g/mol. The molecule has 0 aromatic heterocycles. The summed E-state index contributed by atoms with van der Waals surface area (Å²) in [5.41, 5.74) is -0.977. The zero-order valence-corrected chi connectivity index (χ0v) is 9.38. The second-order valence-electron chi connectivity index (χ2n) is 4.47. The zero-order valence-electron chi connectivity index (χ0n) is 9.38. The van der Waals surface area contributed by atoms with E-state index in [0.29, 0.717) is 12.8 Å². The number of aliphatic hydroxyl groups is 1. The van der Waals surface area contributed by atoms with E-state index in [4.69, 9.17) is 0 Å². The van der Waals surface area contributed by atoms with Crippen LogP contribution in [0.4, 0.5) is 0 Å². The van der Waals surface area contributed by atoms with Crippen LogP contribution in [0.5, 0.6) is 0 Å². The molecule has 0 saturated heterocycles. The van der Waals surface area contributed by atoms with Crippen molar-refractivity contribution in [3.05, 3.63) is 0 Å². The van der Waals surface area contributed by atoms with Crippen LogP contribution >= 0.6 is 0 Å². The molecule has 0 atom stereocenters. The largest absolute Gasteiger partial charge is 0.382 e. The molecule has 2 heteroatoms. The van der Waals surface area contributed by atoms with E-state index in [2.05, 4.69) is 0 Å². The first-order valence-electron chi connectivity index (χ1n) is 5.90. The van der Waals surface area contributed by atoms with Gasteiger partial charge in [0.2, 0.25) is 0 Å². The number of Topliss-reactive ketones (excluding diaryl/α,β-unsaturated/α-hetero) is 1. The normalized spacial score (nSPS) is 21.1. The number of rotatable bonds is 4. The monoisotopic (exact) mass is 198 g/mol. The number of carbonyl (C=O) groups excluding carboxylic acids is 1. The first-order valence-corrected chi connectivity index (χ1v) is 5.90. The van der Waals surface area contributed by atoms with Gasteiger partial charge in [-0.05, 0) is 25.7 Å². The van der Waals surface area contributed by atoms with E-state index in [0.717, 1.165) is 25.7 Å². The Balaban J connectivity index is 2.64. The number of hydrogen-bond acceptors (Lipinski definition) is 2. The van der Waals surface area contributed by atoms with Gasteiger partial charge in [0.1, 0.15) is 5.60 Å². The van der Waals surface area contributed by atoms with E-state index < -0.39 is 5.60 Å². The van der Waals surface area contributed by atoms with Gasteiger partial charge in [0, 0.05) is 5.92 Å².